The van der Waals surface area contributed by atoms with Gasteiger partial charge in [0.05, 0.1) is 22.6 Å². The molecule has 0 aliphatic carbocycles. The van der Waals surface area contributed by atoms with Gasteiger partial charge in [-0.05, 0) is 43.7 Å². The van der Waals surface area contributed by atoms with E-state index in [9.17, 15) is 19.1 Å². The summed E-state index contributed by atoms with van der Waals surface area (Å²) in [6, 6.07) is 4.21. The number of carboxylic acids is 1. The number of nitrogens with one attached hydrogen (secondary N) is 1. The zero-order valence-corrected chi connectivity index (χ0v) is 21.2. The molecule has 3 heterocycles. The molecule has 1 aliphatic rings. The van der Waals surface area contributed by atoms with Crippen molar-refractivity contribution in [3.63, 3.8) is 0 Å². The van der Waals surface area contributed by atoms with Crippen molar-refractivity contribution < 1.29 is 14.3 Å². The number of hydrogen-bond acceptors (Lipinski definition) is 6. The quantitative estimate of drug-likeness (QED) is 0.478. The summed E-state index contributed by atoms with van der Waals surface area (Å²) >= 11 is 5.69. The number of aromatic nitrogens is 3. The number of aryl methyl sites for hydroxylation is 1. The van der Waals surface area contributed by atoms with Crippen LogP contribution in [0.3, 0.4) is 0 Å². The third-order valence-electron chi connectivity index (χ3n) is 6.70. The predicted molar refractivity (Wildman–Crippen MR) is 135 cm³/mol. The fourth-order valence-electron chi connectivity index (χ4n) is 4.52. The van der Waals surface area contributed by atoms with Crippen molar-refractivity contribution in [3.05, 3.63) is 56.3 Å². The molecule has 0 bridgehead atoms. The van der Waals surface area contributed by atoms with Crippen molar-refractivity contribution in [3.8, 4) is 0 Å². The average Bonchev–Trinajstić information content (AvgIpc) is 2.78. The summed E-state index contributed by atoms with van der Waals surface area (Å²) in [6.07, 6.45) is 1.99. The third kappa shape index (κ3) is 4.82. The number of carbonyl (C=O) groups is 1. The average molecular weight is 502 g/mol. The summed E-state index contributed by atoms with van der Waals surface area (Å²) < 4.78 is 15.7. The molecule has 3 aromatic rings. The fraction of sp³-hybridized carbons (Fsp3) is 0.440. The Hall–Kier alpha value is -3.20. The van der Waals surface area contributed by atoms with Crippen molar-refractivity contribution >= 4 is 40.1 Å². The van der Waals surface area contributed by atoms with E-state index in [1.165, 1.54) is 0 Å². The first-order valence-electron chi connectivity index (χ1n) is 11.5. The van der Waals surface area contributed by atoms with Gasteiger partial charge in [0.25, 0.3) is 5.56 Å². The first kappa shape index (κ1) is 24.9. The number of piperidine rings is 1. The monoisotopic (exact) mass is 501 g/mol. The number of nitrogens with zero attached hydrogens (tertiary/aromatic N) is 4. The highest BCUT2D eigenvalue weighted by molar-refractivity contribution is 6.29. The molecule has 0 spiro atoms. The highest BCUT2D eigenvalue weighted by Gasteiger charge is 2.28. The molecule has 2 aromatic heterocycles. The zero-order valence-electron chi connectivity index (χ0n) is 20.4. The zero-order chi connectivity index (χ0) is 25.7. The van der Waals surface area contributed by atoms with Gasteiger partial charge in [0.15, 0.2) is 16.7 Å². The Morgan fingerprint density at radius 3 is 2.51 bits per heavy atom. The first-order valence-corrected chi connectivity index (χ1v) is 11.9. The maximum atomic E-state index is 14.1. The van der Waals surface area contributed by atoms with Crippen LogP contribution in [0.2, 0.25) is 5.15 Å². The van der Waals surface area contributed by atoms with Gasteiger partial charge in [0.2, 0.25) is 5.95 Å². The second kappa shape index (κ2) is 9.11. The Bertz CT molecular complexity index is 1380. The maximum absolute atomic E-state index is 14.1. The summed E-state index contributed by atoms with van der Waals surface area (Å²) in [5.41, 5.74) is 1.77. The normalized spacial score (nSPS) is 16.4. The molecule has 0 saturated carbocycles. The number of rotatable bonds is 5. The van der Waals surface area contributed by atoms with Crippen molar-refractivity contribution in [2.45, 2.75) is 46.6 Å². The van der Waals surface area contributed by atoms with E-state index in [1.54, 1.807) is 24.6 Å². The van der Waals surface area contributed by atoms with Crippen LogP contribution in [0.15, 0.2) is 23.0 Å². The van der Waals surface area contributed by atoms with Gasteiger partial charge in [-0.1, -0.05) is 31.5 Å². The van der Waals surface area contributed by atoms with Crippen molar-refractivity contribution in [2.24, 2.45) is 12.5 Å². The number of carboxylic acid groups (broad SMARTS) is 1. The van der Waals surface area contributed by atoms with Gasteiger partial charge in [0, 0.05) is 31.8 Å². The SMILES string of the molecule is Cc1cc([C@@H](C)Nc2cc(F)c(Cl)nc2C(=O)O)c2nc(N3CCC(C)(C)CC3)n(C)c(=O)c2c1. The van der Waals surface area contributed by atoms with Crippen LogP contribution < -0.4 is 15.8 Å². The molecule has 1 aromatic carbocycles. The molecule has 1 saturated heterocycles. The lowest BCUT2D eigenvalue weighted by atomic mass is 9.83. The Morgan fingerprint density at radius 1 is 1.23 bits per heavy atom. The maximum Gasteiger partial charge on any atom is 0.356 e. The molecule has 0 amide bonds. The van der Waals surface area contributed by atoms with Gasteiger partial charge in [0.1, 0.15) is 0 Å². The van der Waals surface area contributed by atoms with Gasteiger partial charge in [-0.15, -0.1) is 0 Å². The van der Waals surface area contributed by atoms with E-state index in [0.717, 1.165) is 37.6 Å². The molecule has 1 atom stereocenters. The summed E-state index contributed by atoms with van der Waals surface area (Å²) in [6.45, 7) is 9.75. The minimum Gasteiger partial charge on any atom is -0.476 e. The molecule has 8 nitrogen and oxygen atoms in total. The van der Waals surface area contributed by atoms with Crippen LogP contribution in [0.4, 0.5) is 16.0 Å². The molecule has 4 rings (SSSR count). The smallest absolute Gasteiger partial charge is 0.356 e. The second-order valence-corrected chi connectivity index (χ2v) is 10.4. The van der Waals surface area contributed by atoms with E-state index in [1.807, 2.05) is 13.0 Å². The first-order chi connectivity index (χ1) is 16.4. The lowest BCUT2D eigenvalue weighted by Crippen LogP contribution is -2.40. The topological polar surface area (TPSA) is 100 Å². The van der Waals surface area contributed by atoms with Gasteiger partial charge < -0.3 is 15.3 Å². The van der Waals surface area contributed by atoms with Crippen molar-refractivity contribution in [2.75, 3.05) is 23.3 Å². The number of aromatic carboxylic acids is 1. The van der Waals surface area contributed by atoms with Crippen LogP contribution >= 0.6 is 11.6 Å². The highest BCUT2D eigenvalue weighted by Crippen LogP contribution is 2.33. The number of hydrogen-bond donors (Lipinski definition) is 2. The number of halogens is 2. The summed E-state index contributed by atoms with van der Waals surface area (Å²) in [7, 11) is 1.73. The van der Waals surface area contributed by atoms with Crippen molar-refractivity contribution in [1.82, 2.24) is 14.5 Å². The number of fused-ring (bicyclic) bond motifs is 1. The Kier molecular flexibility index (Phi) is 6.48. The Morgan fingerprint density at radius 2 is 1.89 bits per heavy atom. The molecular formula is C25H29ClFN5O3. The number of pyridine rings is 1. The van der Waals surface area contributed by atoms with Crippen LogP contribution in [0.5, 0.6) is 0 Å². The third-order valence-corrected chi connectivity index (χ3v) is 6.97. The van der Waals surface area contributed by atoms with Gasteiger partial charge in [-0.25, -0.2) is 19.2 Å². The van der Waals surface area contributed by atoms with Gasteiger partial charge in [-0.2, -0.15) is 0 Å². The van der Waals surface area contributed by atoms with Crippen LogP contribution in [0.1, 0.15) is 61.3 Å². The molecule has 1 fully saturated rings. The minimum atomic E-state index is -1.34. The van der Waals surface area contributed by atoms with E-state index in [4.69, 9.17) is 16.6 Å². The second-order valence-electron chi connectivity index (χ2n) is 10.0. The van der Waals surface area contributed by atoms with E-state index in [-0.39, 0.29) is 22.4 Å². The van der Waals surface area contributed by atoms with Crippen LogP contribution in [0.25, 0.3) is 10.9 Å². The van der Waals surface area contributed by atoms with Gasteiger partial charge in [-0.3, -0.25) is 9.36 Å². The Labute approximate surface area is 207 Å². The summed E-state index contributed by atoms with van der Waals surface area (Å²) in [4.78, 5) is 35.7. The Balaban J connectivity index is 1.81. The van der Waals surface area contributed by atoms with Crippen LogP contribution in [-0.4, -0.2) is 38.7 Å². The molecule has 0 radical (unpaired) electrons. The molecular weight excluding hydrogens is 473 g/mol. The fourth-order valence-corrected chi connectivity index (χ4v) is 4.66. The van der Waals surface area contributed by atoms with Crippen LogP contribution in [0, 0.1) is 18.2 Å². The van der Waals surface area contributed by atoms with E-state index < -0.39 is 23.0 Å². The predicted octanol–water partition coefficient (Wildman–Crippen LogP) is 4.93. The molecule has 0 unspecified atom stereocenters. The minimum absolute atomic E-state index is 0.0103. The van der Waals surface area contributed by atoms with Crippen molar-refractivity contribution in [1.29, 1.82) is 0 Å². The van der Waals surface area contributed by atoms with E-state index >= 15 is 0 Å². The van der Waals surface area contributed by atoms with Gasteiger partial charge >= 0.3 is 5.97 Å². The largest absolute Gasteiger partial charge is 0.476 e. The van der Waals surface area contributed by atoms with E-state index in [0.29, 0.717) is 22.4 Å². The summed E-state index contributed by atoms with van der Waals surface area (Å²) in [5, 5.41) is 12.5. The lowest BCUT2D eigenvalue weighted by Gasteiger charge is -2.38. The highest BCUT2D eigenvalue weighted by atomic mass is 35.5. The number of benzene rings is 1. The molecule has 1 aliphatic heterocycles. The standard InChI is InChI=1S/C25H29ClFN5O3/c1-13-10-15(14(2)28-18-12-17(27)21(26)29-20(18)23(34)35)19-16(11-13)22(33)31(5)24(30-19)32-8-6-25(3,4)7-9-32/h10-12,14,28H,6-9H2,1-5H3,(H,34,35)/t14-/m1/s1. The molecule has 2 N–H and O–H groups in total. The number of anilines is 2. The van der Waals surface area contributed by atoms with Crippen LogP contribution in [-0.2, 0) is 7.05 Å². The van der Waals surface area contributed by atoms with E-state index in [2.05, 4.69) is 29.0 Å². The molecule has 186 valence electrons. The molecule has 10 heteroatoms. The lowest BCUT2D eigenvalue weighted by molar-refractivity contribution is 0.0691. The molecule has 35 heavy (non-hydrogen) atoms. The summed E-state index contributed by atoms with van der Waals surface area (Å²) in [5.74, 6) is -1.57.